The summed E-state index contributed by atoms with van der Waals surface area (Å²) in [5, 5.41) is 2.90. The number of nitrogens with one attached hydrogen (secondary N) is 1. The van der Waals surface area contributed by atoms with Gasteiger partial charge in [-0.3, -0.25) is 4.79 Å². The molecule has 0 fully saturated rings. The first-order valence-electron chi connectivity index (χ1n) is 7.19. The second-order valence-corrected chi connectivity index (χ2v) is 5.17. The Morgan fingerprint density at radius 3 is 2.32 bits per heavy atom. The molecule has 1 N–H and O–H groups in total. The summed E-state index contributed by atoms with van der Waals surface area (Å²) in [5.41, 5.74) is 3.02. The third kappa shape index (κ3) is 3.79. The first-order chi connectivity index (χ1) is 10.5. The van der Waals surface area contributed by atoms with Crippen LogP contribution in [0.3, 0.4) is 0 Å². The van der Waals surface area contributed by atoms with Gasteiger partial charge < -0.3 is 14.8 Å². The average molecular weight is 299 g/mol. The molecule has 2 rings (SSSR count). The largest absolute Gasteiger partial charge is 0.497 e. The van der Waals surface area contributed by atoms with Crippen LogP contribution in [0.15, 0.2) is 42.5 Å². The van der Waals surface area contributed by atoms with Crippen molar-refractivity contribution in [3.63, 3.8) is 0 Å². The van der Waals surface area contributed by atoms with Crippen molar-refractivity contribution in [1.29, 1.82) is 0 Å². The van der Waals surface area contributed by atoms with Gasteiger partial charge in [-0.2, -0.15) is 0 Å². The molecule has 0 heterocycles. The summed E-state index contributed by atoms with van der Waals surface area (Å²) in [6, 6.07) is 13.0. The van der Waals surface area contributed by atoms with Gasteiger partial charge in [-0.1, -0.05) is 12.1 Å². The first-order valence-corrected chi connectivity index (χ1v) is 7.19. The Morgan fingerprint density at radius 2 is 1.68 bits per heavy atom. The summed E-state index contributed by atoms with van der Waals surface area (Å²) in [6.45, 7) is 5.73. The molecular weight excluding hydrogens is 278 g/mol. The van der Waals surface area contributed by atoms with Crippen molar-refractivity contribution in [2.45, 2.75) is 26.9 Å². The van der Waals surface area contributed by atoms with Crippen LogP contribution in [0.25, 0.3) is 0 Å². The van der Waals surface area contributed by atoms with Crippen LogP contribution in [-0.4, -0.2) is 19.1 Å². The molecule has 4 nitrogen and oxygen atoms in total. The minimum atomic E-state index is -0.590. The Hall–Kier alpha value is -2.49. The highest BCUT2D eigenvalue weighted by Gasteiger charge is 2.16. The smallest absolute Gasteiger partial charge is 0.265 e. The van der Waals surface area contributed by atoms with Gasteiger partial charge in [0.05, 0.1) is 7.11 Å². The van der Waals surface area contributed by atoms with E-state index in [4.69, 9.17) is 9.47 Å². The van der Waals surface area contributed by atoms with Crippen molar-refractivity contribution >= 4 is 11.6 Å². The Balaban J connectivity index is 2.01. The number of hydrogen-bond donors (Lipinski definition) is 1. The Kier molecular flexibility index (Phi) is 5.04. The zero-order valence-electron chi connectivity index (χ0n) is 13.3. The van der Waals surface area contributed by atoms with E-state index in [9.17, 15) is 4.79 Å². The molecule has 0 aliphatic rings. The van der Waals surface area contributed by atoms with Crippen molar-refractivity contribution in [1.82, 2.24) is 0 Å². The van der Waals surface area contributed by atoms with Gasteiger partial charge in [-0.05, 0) is 62.2 Å². The van der Waals surface area contributed by atoms with Gasteiger partial charge in [-0.15, -0.1) is 0 Å². The van der Waals surface area contributed by atoms with E-state index in [0.29, 0.717) is 5.75 Å². The molecule has 0 aliphatic heterocycles. The van der Waals surface area contributed by atoms with Gasteiger partial charge in [0.2, 0.25) is 0 Å². The fourth-order valence-electron chi connectivity index (χ4n) is 2.03. The van der Waals surface area contributed by atoms with E-state index in [1.807, 2.05) is 32.0 Å². The number of hydrogen-bond acceptors (Lipinski definition) is 3. The SMILES string of the molecule is COc1ccc(O[C@H](C)C(=O)Nc2cccc(C)c2C)cc1. The Labute approximate surface area is 131 Å². The second kappa shape index (κ2) is 6.98. The van der Waals surface area contributed by atoms with Crippen LogP contribution in [0.1, 0.15) is 18.1 Å². The zero-order valence-corrected chi connectivity index (χ0v) is 13.3. The zero-order chi connectivity index (χ0) is 16.1. The van der Waals surface area contributed by atoms with Crippen LogP contribution >= 0.6 is 0 Å². The van der Waals surface area contributed by atoms with Crippen molar-refractivity contribution in [3.05, 3.63) is 53.6 Å². The standard InChI is InChI=1S/C18H21NO3/c1-12-6-5-7-17(13(12)2)19-18(20)14(3)22-16-10-8-15(21-4)9-11-16/h5-11,14H,1-4H3,(H,19,20)/t14-/m1/s1. The van der Waals surface area contributed by atoms with Gasteiger partial charge in [0.15, 0.2) is 6.10 Å². The van der Waals surface area contributed by atoms with E-state index < -0.39 is 6.10 Å². The molecule has 0 spiro atoms. The molecule has 1 atom stereocenters. The highest BCUT2D eigenvalue weighted by Crippen LogP contribution is 2.20. The molecule has 2 aromatic carbocycles. The molecule has 0 saturated heterocycles. The lowest BCUT2D eigenvalue weighted by Crippen LogP contribution is -2.30. The summed E-state index contributed by atoms with van der Waals surface area (Å²) >= 11 is 0. The summed E-state index contributed by atoms with van der Waals surface area (Å²) in [7, 11) is 1.61. The van der Waals surface area contributed by atoms with E-state index in [0.717, 1.165) is 22.6 Å². The molecule has 0 aromatic heterocycles. The van der Waals surface area contributed by atoms with Crippen molar-refractivity contribution < 1.29 is 14.3 Å². The fourth-order valence-corrected chi connectivity index (χ4v) is 2.03. The van der Waals surface area contributed by atoms with Crippen LogP contribution in [0.5, 0.6) is 11.5 Å². The molecule has 0 saturated carbocycles. The minimum Gasteiger partial charge on any atom is -0.497 e. The molecule has 4 heteroatoms. The number of methoxy groups -OCH3 is 1. The lowest BCUT2D eigenvalue weighted by molar-refractivity contribution is -0.122. The summed E-state index contributed by atoms with van der Waals surface area (Å²) in [4.78, 5) is 12.2. The molecule has 0 bridgehead atoms. The van der Waals surface area contributed by atoms with Crippen molar-refractivity contribution in [2.75, 3.05) is 12.4 Å². The van der Waals surface area contributed by atoms with Gasteiger partial charge in [0.1, 0.15) is 11.5 Å². The number of benzene rings is 2. The molecule has 0 radical (unpaired) electrons. The molecule has 0 aliphatic carbocycles. The van der Waals surface area contributed by atoms with Crippen LogP contribution in [0, 0.1) is 13.8 Å². The third-order valence-electron chi connectivity index (χ3n) is 3.60. The average Bonchev–Trinajstić information content (AvgIpc) is 2.52. The number of rotatable bonds is 5. The lowest BCUT2D eigenvalue weighted by Gasteiger charge is -2.16. The third-order valence-corrected chi connectivity index (χ3v) is 3.60. The normalized spacial score (nSPS) is 11.6. The summed E-state index contributed by atoms with van der Waals surface area (Å²) in [5.74, 6) is 1.20. The van der Waals surface area contributed by atoms with Crippen molar-refractivity contribution in [2.24, 2.45) is 0 Å². The maximum atomic E-state index is 12.2. The monoisotopic (exact) mass is 299 g/mol. The predicted molar refractivity (Wildman–Crippen MR) is 87.6 cm³/mol. The van der Waals surface area contributed by atoms with E-state index in [-0.39, 0.29) is 5.91 Å². The van der Waals surface area contributed by atoms with Gasteiger partial charge in [-0.25, -0.2) is 0 Å². The fraction of sp³-hybridized carbons (Fsp3) is 0.278. The quantitative estimate of drug-likeness (QED) is 0.915. The number of aryl methyl sites for hydroxylation is 1. The molecule has 0 unspecified atom stereocenters. The molecule has 22 heavy (non-hydrogen) atoms. The maximum Gasteiger partial charge on any atom is 0.265 e. The van der Waals surface area contributed by atoms with Crippen molar-refractivity contribution in [3.8, 4) is 11.5 Å². The van der Waals surface area contributed by atoms with Gasteiger partial charge in [0.25, 0.3) is 5.91 Å². The van der Waals surface area contributed by atoms with Crippen LogP contribution in [0.4, 0.5) is 5.69 Å². The van der Waals surface area contributed by atoms with E-state index in [1.54, 1.807) is 38.3 Å². The second-order valence-electron chi connectivity index (χ2n) is 5.17. The highest BCUT2D eigenvalue weighted by molar-refractivity contribution is 5.94. The number of carbonyl (C=O) groups excluding carboxylic acids is 1. The molecule has 116 valence electrons. The topological polar surface area (TPSA) is 47.6 Å². The van der Waals surface area contributed by atoms with Crippen LogP contribution < -0.4 is 14.8 Å². The van der Waals surface area contributed by atoms with Gasteiger partial charge >= 0.3 is 0 Å². The molecular formula is C18H21NO3. The number of carbonyl (C=O) groups is 1. The van der Waals surface area contributed by atoms with E-state index >= 15 is 0 Å². The number of amides is 1. The predicted octanol–water partition coefficient (Wildman–Crippen LogP) is 3.72. The van der Waals surface area contributed by atoms with Crippen LogP contribution in [0.2, 0.25) is 0 Å². The number of ether oxygens (including phenoxy) is 2. The van der Waals surface area contributed by atoms with E-state index in [1.165, 1.54) is 0 Å². The Morgan fingerprint density at radius 1 is 1.05 bits per heavy atom. The van der Waals surface area contributed by atoms with Gasteiger partial charge in [0, 0.05) is 5.69 Å². The Bertz CT molecular complexity index is 650. The summed E-state index contributed by atoms with van der Waals surface area (Å²) in [6.07, 6.45) is -0.590. The number of anilines is 1. The maximum absolute atomic E-state index is 12.2. The highest BCUT2D eigenvalue weighted by atomic mass is 16.5. The summed E-state index contributed by atoms with van der Waals surface area (Å²) < 4.78 is 10.7. The van der Waals surface area contributed by atoms with E-state index in [2.05, 4.69) is 5.32 Å². The lowest BCUT2D eigenvalue weighted by atomic mass is 10.1. The molecule has 2 aromatic rings. The molecule has 1 amide bonds. The van der Waals surface area contributed by atoms with Crippen LogP contribution in [-0.2, 0) is 4.79 Å². The first kappa shape index (κ1) is 15.9. The minimum absolute atomic E-state index is 0.176.